The first-order chi connectivity index (χ1) is 14.6. The van der Waals surface area contributed by atoms with Crippen molar-refractivity contribution >= 4 is 34.0 Å². The highest BCUT2D eigenvalue weighted by Gasteiger charge is 2.22. The number of anilines is 1. The zero-order chi connectivity index (χ0) is 20.9. The monoisotopic (exact) mass is 432 g/mol. The van der Waals surface area contributed by atoms with Crippen molar-refractivity contribution in [2.75, 3.05) is 11.4 Å². The molecule has 4 rings (SSSR count). The Kier molecular flexibility index (Phi) is 6.26. The lowest BCUT2D eigenvalue weighted by Gasteiger charge is -2.20. The number of nitrogens with zero attached hydrogens (tertiary/aromatic N) is 2. The molecule has 0 spiro atoms. The second kappa shape index (κ2) is 9.24. The van der Waals surface area contributed by atoms with Crippen LogP contribution in [0.25, 0.3) is 11.3 Å². The van der Waals surface area contributed by atoms with Crippen molar-refractivity contribution in [3.8, 4) is 11.3 Å². The van der Waals surface area contributed by atoms with Crippen molar-refractivity contribution in [2.45, 2.75) is 13.3 Å². The predicted molar refractivity (Wildman–Crippen MR) is 126 cm³/mol. The Morgan fingerprint density at radius 2 is 1.67 bits per heavy atom. The number of rotatable bonds is 6. The second-order valence-electron chi connectivity index (χ2n) is 7.05. The third-order valence-electron chi connectivity index (χ3n) is 4.89. The van der Waals surface area contributed by atoms with E-state index in [1.807, 2.05) is 35.7 Å². The first-order valence-electron chi connectivity index (χ1n) is 9.75. The van der Waals surface area contributed by atoms with E-state index in [1.165, 1.54) is 22.5 Å². The molecule has 0 unspecified atom stereocenters. The van der Waals surface area contributed by atoms with E-state index >= 15 is 0 Å². The van der Waals surface area contributed by atoms with Crippen LogP contribution in [-0.4, -0.2) is 17.4 Å². The lowest BCUT2D eigenvalue weighted by atomic mass is 10.1. The third-order valence-corrected chi connectivity index (χ3v) is 6.08. The maximum atomic E-state index is 13.4. The van der Waals surface area contributed by atoms with Crippen LogP contribution in [0.2, 0.25) is 5.02 Å². The Morgan fingerprint density at radius 3 is 2.40 bits per heavy atom. The van der Waals surface area contributed by atoms with Gasteiger partial charge in [-0.15, -0.1) is 11.3 Å². The summed E-state index contributed by atoms with van der Waals surface area (Å²) < 4.78 is 0. The minimum absolute atomic E-state index is 0.138. The fraction of sp³-hybridized carbons (Fsp3) is 0.120. The fourth-order valence-electron chi connectivity index (χ4n) is 3.19. The maximum absolute atomic E-state index is 13.4. The number of aromatic nitrogens is 1. The predicted octanol–water partition coefficient (Wildman–Crippen LogP) is 6.66. The van der Waals surface area contributed by atoms with E-state index in [1.54, 1.807) is 17.0 Å². The summed E-state index contributed by atoms with van der Waals surface area (Å²) in [7, 11) is 0. The molecule has 0 fully saturated rings. The van der Waals surface area contributed by atoms with Crippen LogP contribution in [0.15, 0.2) is 84.2 Å². The molecule has 0 aliphatic carbocycles. The normalized spacial score (nSPS) is 10.7. The summed E-state index contributed by atoms with van der Waals surface area (Å²) in [6, 6.07) is 25.5. The average molecular weight is 433 g/mol. The zero-order valence-corrected chi connectivity index (χ0v) is 18.2. The molecule has 0 aliphatic rings. The van der Waals surface area contributed by atoms with Gasteiger partial charge in [0.15, 0.2) is 5.13 Å². The molecule has 150 valence electrons. The highest BCUT2D eigenvalue weighted by Crippen LogP contribution is 2.30. The Morgan fingerprint density at radius 1 is 0.967 bits per heavy atom. The topological polar surface area (TPSA) is 33.2 Å². The van der Waals surface area contributed by atoms with Crippen molar-refractivity contribution < 1.29 is 4.79 Å². The summed E-state index contributed by atoms with van der Waals surface area (Å²) in [6.07, 6.45) is 0.733. The molecule has 0 aliphatic heterocycles. The molecule has 1 amide bonds. The van der Waals surface area contributed by atoms with Gasteiger partial charge in [-0.2, -0.15) is 0 Å². The summed E-state index contributed by atoms with van der Waals surface area (Å²) >= 11 is 7.79. The van der Waals surface area contributed by atoms with E-state index in [4.69, 9.17) is 16.6 Å². The van der Waals surface area contributed by atoms with E-state index in [2.05, 4.69) is 43.3 Å². The Hall–Kier alpha value is -2.95. The molecule has 1 aromatic heterocycles. The number of amides is 1. The molecule has 0 bridgehead atoms. The summed E-state index contributed by atoms with van der Waals surface area (Å²) in [5.41, 5.74) is 4.76. The lowest BCUT2D eigenvalue weighted by Crippen LogP contribution is -2.33. The number of thiazole rings is 1. The number of hydrogen-bond donors (Lipinski definition) is 0. The SMILES string of the molecule is Cc1ccc(-c2csc(N(CCc3ccccc3)C(=O)c3ccccc3Cl)n2)cc1. The average Bonchev–Trinajstić information content (AvgIpc) is 3.25. The van der Waals surface area contributed by atoms with Gasteiger partial charge in [0.25, 0.3) is 5.91 Å². The molecular weight excluding hydrogens is 412 g/mol. The van der Waals surface area contributed by atoms with Gasteiger partial charge in [0.1, 0.15) is 0 Å². The molecule has 0 saturated heterocycles. The van der Waals surface area contributed by atoms with Crippen LogP contribution in [0.4, 0.5) is 5.13 Å². The van der Waals surface area contributed by atoms with Gasteiger partial charge in [-0.3, -0.25) is 9.69 Å². The van der Waals surface area contributed by atoms with E-state index < -0.39 is 0 Å². The van der Waals surface area contributed by atoms with Crippen molar-refractivity contribution in [1.29, 1.82) is 0 Å². The van der Waals surface area contributed by atoms with Gasteiger partial charge in [-0.05, 0) is 31.0 Å². The first kappa shape index (κ1) is 20.3. The minimum Gasteiger partial charge on any atom is -0.284 e. The van der Waals surface area contributed by atoms with Crippen molar-refractivity contribution in [3.63, 3.8) is 0 Å². The number of halogens is 1. The molecule has 4 aromatic rings. The van der Waals surface area contributed by atoms with Crippen LogP contribution in [0.1, 0.15) is 21.5 Å². The van der Waals surface area contributed by atoms with Gasteiger partial charge in [-0.25, -0.2) is 4.98 Å². The number of benzene rings is 3. The van der Waals surface area contributed by atoms with Crippen LogP contribution >= 0.6 is 22.9 Å². The highest BCUT2D eigenvalue weighted by molar-refractivity contribution is 7.14. The van der Waals surface area contributed by atoms with Crippen LogP contribution < -0.4 is 4.90 Å². The zero-order valence-electron chi connectivity index (χ0n) is 16.6. The number of carbonyl (C=O) groups is 1. The highest BCUT2D eigenvalue weighted by atomic mass is 35.5. The van der Waals surface area contributed by atoms with Crippen molar-refractivity contribution in [3.05, 3.63) is 106 Å². The maximum Gasteiger partial charge on any atom is 0.261 e. The van der Waals surface area contributed by atoms with Crippen LogP contribution in [0, 0.1) is 6.92 Å². The molecule has 5 heteroatoms. The number of hydrogen-bond acceptors (Lipinski definition) is 3. The Labute approximate surface area is 185 Å². The Bertz CT molecular complexity index is 1140. The van der Waals surface area contributed by atoms with Crippen LogP contribution in [0.3, 0.4) is 0 Å². The van der Waals surface area contributed by atoms with Crippen molar-refractivity contribution in [1.82, 2.24) is 4.98 Å². The summed E-state index contributed by atoms with van der Waals surface area (Å²) in [5.74, 6) is -0.138. The van der Waals surface area contributed by atoms with Gasteiger partial charge in [0.2, 0.25) is 0 Å². The summed E-state index contributed by atoms with van der Waals surface area (Å²) in [4.78, 5) is 19.9. The van der Waals surface area contributed by atoms with E-state index in [9.17, 15) is 4.79 Å². The molecule has 30 heavy (non-hydrogen) atoms. The summed E-state index contributed by atoms with van der Waals surface area (Å²) in [5, 5.41) is 3.11. The molecule has 0 atom stereocenters. The standard InChI is InChI=1S/C25H21ClN2OS/c1-18-11-13-20(14-12-18)23-17-30-25(27-23)28(16-15-19-7-3-2-4-8-19)24(29)21-9-5-6-10-22(21)26/h2-14,17H,15-16H2,1H3. The Balaban J connectivity index is 1.65. The summed E-state index contributed by atoms with van der Waals surface area (Å²) in [6.45, 7) is 2.58. The molecule has 3 aromatic carbocycles. The second-order valence-corrected chi connectivity index (χ2v) is 8.30. The number of carbonyl (C=O) groups excluding carboxylic acids is 1. The first-order valence-corrected chi connectivity index (χ1v) is 11.0. The quantitative estimate of drug-likeness (QED) is 0.341. The molecule has 0 radical (unpaired) electrons. The van der Waals surface area contributed by atoms with E-state index in [0.29, 0.717) is 22.3 Å². The smallest absolute Gasteiger partial charge is 0.261 e. The third kappa shape index (κ3) is 4.61. The number of aryl methyl sites for hydroxylation is 1. The molecular formula is C25H21ClN2OS. The molecule has 3 nitrogen and oxygen atoms in total. The largest absolute Gasteiger partial charge is 0.284 e. The molecule has 0 saturated carbocycles. The van der Waals surface area contributed by atoms with Gasteiger partial charge in [0, 0.05) is 17.5 Å². The van der Waals surface area contributed by atoms with Crippen molar-refractivity contribution in [2.24, 2.45) is 0 Å². The minimum atomic E-state index is -0.138. The van der Waals surface area contributed by atoms with Gasteiger partial charge in [-0.1, -0.05) is 83.9 Å². The molecule has 1 heterocycles. The molecule has 0 N–H and O–H groups in total. The van der Waals surface area contributed by atoms with Crippen LogP contribution in [-0.2, 0) is 6.42 Å². The van der Waals surface area contributed by atoms with E-state index in [0.717, 1.165) is 17.7 Å². The lowest BCUT2D eigenvalue weighted by molar-refractivity contribution is 0.0987. The fourth-order valence-corrected chi connectivity index (χ4v) is 4.27. The van der Waals surface area contributed by atoms with Crippen LogP contribution in [0.5, 0.6) is 0 Å². The van der Waals surface area contributed by atoms with Gasteiger partial charge >= 0.3 is 0 Å². The van der Waals surface area contributed by atoms with E-state index in [-0.39, 0.29) is 5.91 Å². The van der Waals surface area contributed by atoms with Gasteiger partial charge in [0.05, 0.1) is 16.3 Å². The van der Waals surface area contributed by atoms with Gasteiger partial charge < -0.3 is 0 Å².